The van der Waals surface area contributed by atoms with Gasteiger partial charge in [0.05, 0.1) is 0 Å². The van der Waals surface area contributed by atoms with E-state index in [0.717, 1.165) is 36.8 Å². The zero-order chi connectivity index (χ0) is 12.5. The Morgan fingerprint density at radius 3 is 2.78 bits per heavy atom. The van der Waals surface area contributed by atoms with Crippen LogP contribution in [0.25, 0.3) is 11.4 Å². The average Bonchev–Trinajstić information content (AvgIpc) is 2.98. The van der Waals surface area contributed by atoms with Crippen LogP contribution in [0.1, 0.15) is 12.0 Å². The third-order valence-electron chi connectivity index (χ3n) is 3.31. The summed E-state index contributed by atoms with van der Waals surface area (Å²) < 4.78 is 0. The zero-order valence-electron chi connectivity index (χ0n) is 10.4. The molecule has 0 radical (unpaired) electrons. The molecular formula is C13H17N5. The van der Waals surface area contributed by atoms with Crippen molar-refractivity contribution in [1.82, 2.24) is 15.2 Å². The number of anilines is 1. The summed E-state index contributed by atoms with van der Waals surface area (Å²) in [6.45, 7) is 3.85. The molecule has 0 aliphatic carbocycles. The van der Waals surface area contributed by atoms with Gasteiger partial charge in [-0.3, -0.25) is 5.10 Å². The highest BCUT2D eigenvalue weighted by Crippen LogP contribution is 2.20. The molecule has 1 aliphatic heterocycles. The molecule has 1 saturated heterocycles. The maximum atomic E-state index is 5.89. The molecule has 1 aromatic carbocycles. The van der Waals surface area contributed by atoms with E-state index in [2.05, 4.69) is 51.3 Å². The number of H-pyrrole nitrogens is 1. The monoisotopic (exact) mass is 243 g/mol. The fourth-order valence-electron chi connectivity index (χ4n) is 2.20. The van der Waals surface area contributed by atoms with Gasteiger partial charge in [-0.25, -0.2) is 0 Å². The highest BCUT2D eigenvalue weighted by Gasteiger charge is 2.22. The van der Waals surface area contributed by atoms with Crippen LogP contribution in [0.2, 0.25) is 0 Å². The maximum Gasteiger partial charge on any atom is 0.245 e. The van der Waals surface area contributed by atoms with Crippen molar-refractivity contribution < 1.29 is 0 Å². The Hall–Kier alpha value is -1.88. The summed E-state index contributed by atoms with van der Waals surface area (Å²) in [5.74, 6) is 1.56. The molecule has 5 heteroatoms. The van der Waals surface area contributed by atoms with Crippen molar-refractivity contribution in [3.05, 3.63) is 29.8 Å². The van der Waals surface area contributed by atoms with Crippen LogP contribution in [0.5, 0.6) is 0 Å². The van der Waals surface area contributed by atoms with E-state index in [9.17, 15) is 0 Å². The number of aryl methyl sites for hydroxylation is 1. The number of nitrogens with one attached hydrogen (secondary N) is 1. The molecule has 1 unspecified atom stereocenters. The average molecular weight is 243 g/mol. The van der Waals surface area contributed by atoms with Gasteiger partial charge < -0.3 is 10.6 Å². The largest absolute Gasteiger partial charge is 0.338 e. The van der Waals surface area contributed by atoms with E-state index in [4.69, 9.17) is 5.73 Å². The van der Waals surface area contributed by atoms with Gasteiger partial charge in [-0.2, -0.15) is 4.98 Å². The van der Waals surface area contributed by atoms with Gasteiger partial charge in [0.25, 0.3) is 0 Å². The Morgan fingerprint density at radius 2 is 2.11 bits per heavy atom. The van der Waals surface area contributed by atoms with Crippen molar-refractivity contribution in [2.75, 3.05) is 18.0 Å². The van der Waals surface area contributed by atoms with Crippen LogP contribution in [0.15, 0.2) is 24.3 Å². The lowest BCUT2D eigenvalue weighted by molar-refractivity contribution is 0.750. The van der Waals surface area contributed by atoms with E-state index in [0.29, 0.717) is 0 Å². The first kappa shape index (κ1) is 11.2. The summed E-state index contributed by atoms with van der Waals surface area (Å²) in [5, 5.41) is 7.26. The Balaban J connectivity index is 1.83. The van der Waals surface area contributed by atoms with E-state index in [1.54, 1.807) is 0 Å². The Kier molecular flexibility index (Phi) is 2.76. The maximum absolute atomic E-state index is 5.89. The molecule has 1 aliphatic rings. The summed E-state index contributed by atoms with van der Waals surface area (Å²) >= 11 is 0. The predicted octanol–water partition coefficient (Wildman–Crippen LogP) is 1.32. The SMILES string of the molecule is Cc1ccc(-c2nc(N3CCC(N)C3)n[nH]2)cc1. The fraction of sp³-hybridized carbons (Fsp3) is 0.385. The Morgan fingerprint density at radius 1 is 1.33 bits per heavy atom. The lowest BCUT2D eigenvalue weighted by Crippen LogP contribution is -2.26. The lowest BCUT2D eigenvalue weighted by atomic mass is 10.1. The van der Waals surface area contributed by atoms with Crippen LogP contribution in [0.3, 0.4) is 0 Å². The van der Waals surface area contributed by atoms with Gasteiger partial charge in [-0.1, -0.05) is 29.8 Å². The highest BCUT2D eigenvalue weighted by atomic mass is 15.4. The summed E-state index contributed by atoms with van der Waals surface area (Å²) in [4.78, 5) is 6.65. The van der Waals surface area contributed by atoms with Crippen molar-refractivity contribution in [3.8, 4) is 11.4 Å². The van der Waals surface area contributed by atoms with Crippen LogP contribution < -0.4 is 10.6 Å². The molecule has 1 atom stereocenters. The van der Waals surface area contributed by atoms with Crippen molar-refractivity contribution >= 4 is 5.95 Å². The topological polar surface area (TPSA) is 70.8 Å². The Labute approximate surface area is 106 Å². The third kappa shape index (κ3) is 2.09. The number of hydrogen-bond acceptors (Lipinski definition) is 4. The number of nitrogens with zero attached hydrogens (tertiary/aromatic N) is 3. The summed E-state index contributed by atoms with van der Waals surface area (Å²) in [6.07, 6.45) is 1.01. The van der Waals surface area contributed by atoms with Gasteiger partial charge in [0.1, 0.15) is 0 Å². The molecule has 3 N–H and O–H groups in total. The number of nitrogens with two attached hydrogens (primary N) is 1. The molecule has 2 heterocycles. The molecule has 2 aromatic rings. The second kappa shape index (κ2) is 4.42. The van der Waals surface area contributed by atoms with E-state index in [1.165, 1.54) is 5.56 Å². The second-order valence-electron chi connectivity index (χ2n) is 4.84. The van der Waals surface area contributed by atoms with Crippen LogP contribution in [0, 0.1) is 6.92 Å². The van der Waals surface area contributed by atoms with E-state index in [-0.39, 0.29) is 6.04 Å². The van der Waals surface area contributed by atoms with Gasteiger partial charge in [0.15, 0.2) is 5.82 Å². The summed E-state index contributed by atoms with van der Waals surface area (Å²) in [6, 6.07) is 8.49. The minimum Gasteiger partial charge on any atom is -0.338 e. The van der Waals surface area contributed by atoms with Crippen LogP contribution in [0.4, 0.5) is 5.95 Å². The highest BCUT2D eigenvalue weighted by molar-refractivity contribution is 5.56. The minimum absolute atomic E-state index is 0.242. The number of aromatic amines is 1. The number of rotatable bonds is 2. The van der Waals surface area contributed by atoms with Crippen LogP contribution in [-0.2, 0) is 0 Å². The van der Waals surface area contributed by atoms with Gasteiger partial charge in [-0.15, -0.1) is 5.10 Å². The first-order valence-corrected chi connectivity index (χ1v) is 6.22. The zero-order valence-corrected chi connectivity index (χ0v) is 10.4. The summed E-state index contributed by atoms with van der Waals surface area (Å²) in [5.41, 5.74) is 8.19. The first-order chi connectivity index (χ1) is 8.72. The molecule has 18 heavy (non-hydrogen) atoms. The normalized spacial score (nSPS) is 19.4. The fourth-order valence-corrected chi connectivity index (χ4v) is 2.20. The molecule has 1 fully saturated rings. The van der Waals surface area contributed by atoms with E-state index in [1.807, 2.05) is 0 Å². The third-order valence-corrected chi connectivity index (χ3v) is 3.31. The van der Waals surface area contributed by atoms with Crippen molar-refractivity contribution in [3.63, 3.8) is 0 Å². The smallest absolute Gasteiger partial charge is 0.245 e. The first-order valence-electron chi connectivity index (χ1n) is 6.22. The van der Waals surface area contributed by atoms with E-state index >= 15 is 0 Å². The standard InChI is InChI=1S/C13H17N5/c1-9-2-4-10(5-3-9)12-15-13(17-16-12)18-7-6-11(14)8-18/h2-5,11H,6-8,14H2,1H3,(H,15,16,17). The molecule has 0 amide bonds. The molecule has 0 spiro atoms. The quantitative estimate of drug-likeness (QED) is 0.834. The molecule has 0 bridgehead atoms. The van der Waals surface area contributed by atoms with Gasteiger partial charge >= 0.3 is 0 Å². The predicted molar refractivity (Wildman–Crippen MR) is 71.4 cm³/mol. The van der Waals surface area contributed by atoms with E-state index < -0.39 is 0 Å². The number of hydrogen-bond donors (Lipinski definition) is 2. The molecule has 94 valence electrons. The van der Waals surface area contributed by atoms with Crippen LogP contribution >= 0.6 is 0 Å². The van der Waals surface area contributed by atoms with Crippen LogP contribution in [-0.4, -0.2) is 34.3 Å². The van der Waals surface area contributed by atoms with Gasteiger partial charge in [0.2, 0.25) is 5.95 Å². The molecular weight excluding hydrogens is 226 g/mol. The molecule has 0 saturated carbocycles. The van der Waals surface area contributed by atoms with Crippen molar-refractivity contribution in [2.45, 2.75) is 19.4 Å². The van der Waals surface area contributed by atoms with Gasteiger partial charge in [0, 0.05) is 24.7 Å². The van der Waals surface area contributed by atoms with Crippen molar-refractivity contribution in [2.24, 2.45) is 5.73 Å². The van der Waals surface area contributed by atoms with Gasteiger partial charge in [-0.05, 0) is 13.3 Å². The molecule has 1 aromatic heterocycles. The molecule has 5 nitrogen and oxygen atoms in total. The molecule has 3 rings (SSSR count). The lowest BCUT2D eigenvalue weighted by Gasteiger charge is -2.11. The second-order valence-corrected chi connectivity index (χ2v) is 4.84. The Bertz CT molecular complexity index is 531. The number of aromatic nitrogens is 3. The van der Waals surface area contributed by atoms with Crippen molar-refractivity contribution in [1.29, 1.82) is 0 Å². The number of benzene rings is 1. The minimum atomic E-state index is 0.242. The summed E-state index contributed by atoms with van der Waals surface area (Å²) in [7, 11) is 0.